The lowest BCUT2D eigenvalue weighted by atomic mass is 10.2. The van der Waals surface area contributed by atoms with Gasteiger partial charge in [-0.3, -0.25) is 4.79 Å². The van der Waals surface area contributed by atoms with Crippen molar-refractivity contribution in [2.45, 2.75) is 25.5 Å². The Hall–Kier alpha value is -1.82. The predicted molar refractivity (Wildman–Crippen MR) is 61.1 cm³/mol. The maximum Gasteiger partial charge on any atom is 0.326 e. The molecule has 0 saturated carbocycles. The first kappa shape index (κ1) is 12.6. The molecule has 1 fully saturated rings. The van der Waals surface area contributed by atoms with Crippen LogP contribution in [-0.2, 0) is 16.1 Å². The number of nitrogens with zero attached hydrogens (tertiary/aromatic N) is 1. The summed E-state index contributed by atoms with van der Waals surface area (Å²) >= 11 is 0. The Bertz CT molecular complexity index is 453. The number of ether oxygens (including phenoxy) is 1. The Morgan fingerprint density at radius 2 is 2.33 bits per heavy atom. The Kier molecular flexibility index (Phi) is 3.66. The molecule has 0 radical (unpaired) electrons. The highest BCUT2D eigenvalue weighted by molar-refractivity contribution is 5.94. The monoisotopic (exact) mass is 253 g/mol. The van der Waals surface area contributed by atoms with Gasteiger partial charge in [-0.2, -0.15) is 0 Å². The fourth-order valence-electron chi connectivity index (χ4n) is 2.12. The second-order valence-corrected chi connectivity index (χ2v) is 4.19. The molecular formula is C12H15NO5. The van der Waals surface area contributed by atoms with Crippen LogP contribution in [-0.4, -0.2) is 41.6 Å². The Morgan fingerprint density at radius 1 is 1.56 bits per heavy atom. The SMILES string of the molecule is COCc1ccc(C(=O)N2CCC[C@@H]2C(=O)O)o1. The number of carboxylic acids is 1. The molecule has 98 valence electrons. The molecule has 2 rings (SSSR count). The van der Waals surface area contributed by atoms with Crippen LogP contribution in [0.3, 0.4) is 0 Å². The highest BCUT2D eigenvalue weighted by Crippen LogP contribution is 2.21. The summed E-state index contributed by atoms with van der Waals surface area (Å²) in [5, 5.41) is 9.02. The summed E-state index contributed by atoms with van der Waals surface area (Å²) in [5.41, 5.74) is 0. The Morgan fingerprint density at radius 3 is 3.00 bits per heavy atom. The van der Waals surface area contributed by atoms with E-state index in [0.717, 1.165) is 0 Å². The summed E-state index contributed by atoms with van der Waals surface area (Å²) in [6, 6.07) is 2.46. The number of hydrogen-bond acceptors (Lipinski definition) is 4. The third kappa shape index (κ3) is 2.38. The largest absolute Gasteiger partial charge is 0.480 e. The van der Waals surface area contributed by atoms with Crippen molar-refractivity contribution in [3.63, 3.8) is 0 Å². The first-order chi connectivity index (χ1) is 8.63. The molecule has 0 aliphatic carbocycles. The van der Waals surface area contributed by atoms with Gasteiger partial charge in [0.15, 0.2) is 5.76 Å². The molecule has 0 unspecified atom stereocenters. The number of amides is 1. The lowest BCUT2D eigenvalue weighted by molar-refractivity contribution is -0.141. The maximum absolute atomic E-state index is 12.1. The zero-order valence-corrected chi connectivity index (χ0v) is 10.1. The van der Waals surface area contributed by atoms with Crippen molar-refractivity contribution < 1.29 is 23.8 Å². The second kappa shape index (κ2) is 5.22. The van der Waals surface area contributed by atoms with Crippen LogP contribution in [0.5, 0.6) is 0 Å². The van der Waals surface area contributed by atoms with Gasteiger partial charge in [-0.25, -0.2) is 4.79 Å². The smallest absolute Gasteiger partial charge is 0.326 e. The summed E-state index contributed by atoms with van der Waals surface area (Å²) in [6.07, 6.45) is 1.20. The molecule has 2 heterocycles. The van der Waals surface area contributed by atoms with Gasteiger partial charge in [0.05, 0.1) is 0 Å². The predicted octanol–water partition coefficient (Wildman–Crippen LogP) is 1.12. The van der Waals surface area contributed by atoms with Crippen molar-refractivity contribution in [3.05, 3.63) is 23.7 Å². The van der Waals surface area contributed by atoms with Gasteiger partial charge >= 0.3 is 5.97 Å². The van der Waals surface area contributed by atoms with Gasteiger partial charge in [-0.15, -0.1) is 0 Å². The topological polar surface area (TPSA) is 80.0 Å². The van der Waals surface area contributed by atoms with E-state index in [1.807, 2.05) is 0 Å². The zero-order valence-electron chi connectivity index (χ0n) is 10.1. The van der Waals surface area contributed by atoms with Gasteiger partial charge in [0, 0.05) is 13.7 Å². The van der Waals surface area contributed by atoms with Crippen LogP contribution < -0.4 is 0 Å². The van der Waals surface area contributed by atoms with Gasteiger partial charge in [-0.05, 0) is 25.0 Å². The molecule has 1 N–H and O–H groups in total. The summed E-state index contributed by atoms with van der Waals surface area (Å²) in [4.78, 5) is 24.5. The molecule has 0 bridgehead atoms. The number of methoxy groups -OCH3 is 1. The number of carboxylic acid groups (broad SMARTS) is 1. The van der Waals surface area contributed by atoms with Gasteiger partial charge in [0.1, 0.15) is 18.4 Å². The van der Waals surface area contributed by atoms with Crippen molar-refractivity contribution >= 4 is 11.9 Å². The van der Waals surface area contributed by atoms with Gasteiger partial charge in [0.2, 0.25) is 0 Å². The van der Waals surface area contributed by atoms with E-state index in [4.69, 9.17) is 14.3 Å². The molecule has 1 aliphatic rings. The van der Waals surface area contributed by atoms with E-state index < -0.39 is 12.0 Å². The highest BCUT2D eigenvalue weighted by atomic mass is 16.5. The quantitative estimate of drug-likeness (QED) is 0.869. The molecule has 1 saturated heterocycles. The molecular weight excluding hydrogens is 238 g/mol. The van der Waals surface area contributed by atoms with Crippen LogP contribution in [0.1, 0.15) is 29.2 Å². The minimum absolute atomic E-state index is 0.162. The second-order valence-electron chi connectivity index (χ2n) is 4.19. The van der Waals surface area contributed by atoms with Crippen molar-refractivity contribution in [1.29, 1.82) is 0 Å². The number of hydrogen-bond donors (Lipinski definition) is 1. The van der Waals surface area contributed by atoms with Gasteiger partial charge in [-0.1, -0.05) is 0 Å². The van der Waals surface area contributed by atoms with Crippen LogP contribution in [0.15, 0.2) is 16.5 Å². The average molecular weight is 253 g/mol. The fourth-order valence-corrected chi connectivity index (χ4v) is 2.12. The van der Waals surface area contributed by atoms with Crippen LogP contribution in [0.2, 0.25) is 0 Å². The number of aliphatic carboxylic acids is 1. The van der Waals surface area contributed by atoms with E-state index in [2.05, 4.69) is 0 Å². The van der Waals surface area contributed by atoms with Crippen LogP contribution in [0.25, 0.3) is 0 Å². The Labute approximate surface area is 104 Å². The minimum atomic E-state index is -0.968. The molecule has 1 atom stereocenters. The number of carbonyl (C=O) groups excluding carboxylic acids is 1. The first-order valence-corrected chi connectivity index (χ1v) is 5.75. The van der Waals surface area contributed by atoms with Crippen molar-refractivity contribution in [2.24, 2.45) is 0 Å². The molecule has 18 heavy (non-hydrogen) atoms. The fraction of sp³-hybridized carbons (Fsp3) is 0.500. The molecule has 6 heteroatoms. The van der Waals surface area contributed by atoms with Crippen molar-refractivity contribution in [3.8, 4) is 0 Å². The summed E-state index contributed by atoms with van der Waals surface area (Å²) in [7, 11) is 1.53. The summed E-state index contributed by atoms with van der Waals surface area (Å²) in [6.45, 7) is 0.742. The summed E-state index contributed by atoms with van der Waals surface area (Å²) in [5.74, 6) is -0.631. The number of rotatable bonds is 4. The number of carbonyl (C=O) groups is 2. The average Bonchev–Trinajstić information content (AvgIpc) is 2.96. The molecule has 0 aromatic carbocycles. The molecule has 0 spiro atoms. The van der Waals surface area contributed by atoms with E-state index in [0.29, 0.717) is 25.1 Å². The minimum Gasteiger partial charge on any atom is -0.480 e. The van der Waals surface area contributed by atoms with Crippen LogP contribution in [0.4, 0.5) is 0 Å². The Balaban J connectivity index is 2.12. The van der Waals surface area contributed by atoms with Crippen molar-refractivity contribution in [1.82, 2.24) is 4.90 Å². The zero-order chi connectivity index (χ0) is 13.1. The number of furan rings is 1. The third-order valence-corrected chi connectivity index (χ3v) is 2.96. The van der Waals surface area contributed by atoms with Crippen molar-refractivity contribution in [2.75, 3.05) is 13.7 Å². The van der Waals surface area contributed by atoms with E-state index in [9.17, 15) is 9.59 Å². The molecule has 1 aromatic heterocycles. The molecule has 1 amide bonds. The highest BCUT2D eigenvalue weighted by Gasteiger charge is 2.35. The van der Waals surface area contributed by atoms with Gasteiger partial charge in [0.25, 0.3) is 5.91 Å². The number of likely N-dealkylation sites (tertiary alicyclic amines) is 1. The van der Waals surface area contributed by atoms with E-state index in [1.165, 1.54) is 12.0 Å². The lowest BCUT2D eigenvalue weighted by Gasteiger charge is -2.19. The normalized spacial score (nSPS) is 19.2. The summed E-state index contributed by atoms with van der Waals surface area (Å²) < 4.78 is 10.2. The molecule has 1 aliphatic heterocycles. The van der Waals surface area contributed by atoms with Crippen LogP contribution >= 0.6 is 0 Å². The van der Waals surface area contributed by atoms with Crippen LogP contribution in [0, 0.1) is 0 Å². The van der Waals surface area contributed by atoms with Gasteiger partial charge < -0.3 is 19.2 Å². The lowest BCUT2D eigenvalue weighted by Crippen LogP contribution is -2.40. The molecule has 6 nitrogen and oxygen atoms in total. The maximum atomic E-state index is 12.1. The first-order valence-electron chi connectivity index (χ1n) is 5.75. The third-order valence-electron chi connectivity index (χ3n) is 2.96. The standard InChI is InChI=1S/C12H15NO5/c1-17-7-8-4-5-10(18-8)11(14)13-6-2-3-9(13)12(15)16/h4-5,9H,2-3,6-7H2,1H3,(H,15,16)/t9-/m1/s1. The van der Waals surface area contributed by atoms with E-state index in [1.54, 1.807) is 12.1 Å². The van der Waals surface area contributed by atoms with E-state index >= 15 is 0 Å². The van der Waals surface area contributed by atoms with E-state index in [-0.39, 0.29) is 18.3 Å². The molecule has 1 aromatic rings.